The smallest absolute Gasteiger partial charge is 0.416 e. The summed E-state index contributed by atoms with van der Waals surface area (Å²) in [6, 6.07) is -2.53. The number of halogens is 6. The van der Waals surface area contributed by atoms with Crippen molar-refractivity contribution >= 4 is 34.3 Å². The normalized spacial score (nSPS) is 12.8. The number of nitrogens with zero attached hydrogens (tertiary/aromatic N) is 2. The number of fused-ring (bicyclic) bond motifs is 1. The van der Waals surface area contributed by atoms with Crippen LogP contribution in [0.2, 0.25) is 5.28 Å². The van der Waals surface area contributed by atoms with E-state index in [1.807, 2.05) is 0 Å². The van der Waals surface area contributed by atoms with Gasteiger partial charge in [0.1, 0.15) is 11.6 Å². The van der Waals surface area contributed by atoms with Gasteiger partial charge in [-0.1, -0.05) is 0 Å². The first kappa shape index (κ1) is 19.8. The van der Waals surface area contributed by atoms with Crippen molar-refractivity contribution in [1.82, 2.24) is 15.3 Å². The second-order valence-electron chi connectivity index (χ2n) is 5.67. The third-order valence-electron chi connectivity index (χ3n) is 3.74. The summed E-state index contributed by atoms with van der Waals surface area (Å²) in [5, 5.41) is 3.51. The lowest BCUT2D eigenvalue weighted by molar-refractivity contribution is -0.158. The Bertz CT molecular complexity index is 1040. The quantitative estimate of drug-likeness (QED) is 0.467. The van der Waals surface area contributed by atoms with Gasteiger partial charge in [0.2, 0.25) is 5.28 Å². The summed E-state index contributed by atoms with van der Waals surface area (Å²) in [6.45, 7) is 1.20. The molecule has 28 heavy (non-hydrogen) atoms. The van der Waals surface area contributed by atoms with Crippen molar-refractivity contribution in [2.24, 2.45) is 0 Å². The Morgan fingerprint density at radius 3 is 2.46 bits per heavy atom. The van der Waals surface area contributed by atoms with Crippen LogP contribution in [0.15, 0.2) is 28.9 Å². The van der Waals surface area contributed by atoms with Crippen molar-refractivity contribution in [3.63, 3.8) is 0 Å². The molecular weight excluding hydrogens is 411 g/mol. The summed E-state index contributed by atoms with van der Waals surface area (Å²) in [5.41, 5.74) is -0.723. The van der Waals surface area contributed by atoms with E-state index in [2.05, 4.69) is 15.3 Å². The van der Waals surface area contributed by atoms with Crippen LogP contribution in [-0.2, 0) is 0 Å². The van der Waals surface area contributed by atoms with E-state index in [1.54, 1.807) is 5.32 Å². The molecule has 0 saturated carbocycles. The zero-order valence-corrected chi connectivity index (χ0v) is 14.6. The topological polar surface area (TPSA) is 80.0 Å². The van der Waals surface area contributed by atoms with Gasteiger partial charge in [0.15, 0.2) is 17.4 Å². The molecule has 0 spiro atoms. The van der Waals surface area contributed by atoms with Gasteiger partial charge in [0.25, 0.3) is 0 Å². The van der Waals surface area contributed by atoms with Crippen LogP contribution in [0, 0.1) is 18.6 Å². The minimum atomic E-state index is -4.98. The fourth-order valence-electron chi connectivity index (χ4n) is 2.51. The molecule has 0 radical (unpaired) electrons. The maximum absolute atomic E-state index is 13.8. The first-order valence-corrected chi connectivity index (χ1v) is 7.94. The van der Waals surface area contributed by atoms with Crippen molar-refractivity contribution in [2.75, 3.05) is 5.32 Å². The van der Waals surface area contributed by atoms with Gasteiger partial charge in [-0.15, -0.1) is 0 Å². The molecule has 2 aromatic heterocycles. The molecule has 3 aromatic rings. The van der Waals surface area contributed by atoms with E-state index in [9.17, 15) is 26.7 Å². The maximum Gasteiger partial charge on any atom is 0.416 e. The molecule has 1 atom stereocenters. The molecule has 148 valence electrons. The van der Waals surface area contributed by atoms with Crippen molar-refractivity contribution in [3.05, 3.63) is 52.8 Å². The predicted octanol–water partition coefficient (Wildman–Crippen LogP) is 4.89. The zero-order valence-electron chi connectivity index (χ0n) is 13.9. The first-order valence-electron chi connectivity index (χ1n) is 7.56. The first-order chi connectivity index (χ1) is 13.1. The van der Waals surface area contributed by atoms with Crippen LogP contribution >= 0.6 is 11.6 Å². The number of benzene rings is 1. The number of carbonyl (C=O) groups excluding carboxylic acids is 1. The number of nitrogens with one attached hydrogen (secondary N) is 2. The monoisotopic (exact) mass is 420 g/mol. The van der Waals surface area contributed by atoms with Crippen LogP contribution in [0.25, 0.3) is 11.0 Å². The van der Waals surface area contributed by atoms with Crippen LogP contribution in [0.3, 0.4) is 0 Å². The van der Waals surface area contributed by atoms with Gasteiger partial charge in [0.05, 0.1) is 18.1 Å². The SMILES string of the molecule is Cc1c(C(NC(=O)Nc2cnc(Cl)nc2)C(F)(F)F)oc2c(F)cc(F)cc12. The Labute approximate surface area is 158 Å². The van der Waals surface area contributed by atoms with E-state index in [-0.39, 0.29) is 21.9 Å². The maximum atomic E-state index is 13.8. The summed E-state index contributed by atoms with van der Waals surface area (Å²) in [4.78, 5) is 19.1. The molecule has 12 heteroatoms. The van der Waals surface area contributed by atoms with Crippen LogP contribution in [0.5, 0.6) is 0 Å². The minimum absolute atomic E-state index is 0.0164. The van der Waals surface area contributed by atoms with E-state index in [0.29, 0.717) is 6.07 Å². The van der Waals surface area contributed by atoms with Crippen LogP contribution < -0.4 is 10.6 Å². The van der Waals surface area contributed by atoms with Gasteiger partial charge in [-0.05, 0) is 24.6 Å². The predicted molar refractivity (Wildman–Crippen MR) is 88.9 cm³/mol. The number of urea groups is 1. The van der Waals surface area contributed by atoms with Crippen molar-refractivity contribution in [3.8, 4) is 0 Å². The third-order valence-corrected chi connectivity index (χ3v) is 3.93. The molecule has 2 N–H and O–H groups in total. The number of aryl methyl sites for hydroxylation is 1. The van der Waals surface area contributed by atoms with Gasteiger partial charge in [-0.25, -0.2) is 23.5 Å². The lowest BCUT2D eigenvalue weighted by Gasteiger charge is -2.20. The number of hydrogen-bond donors (Lipinski definition) is 2. The lowest BCUT2D eigenvalue weighted by atomic mass is 10.1. The number of hydrogen-bond acceptors (Lipinski definition) is 4. The molecule has 0 aliphatic rings. The van der Waals surface area contributed by atoms with E-state index in [0.717, 1.165) is 18.5 Å². The van der Waals surface area contributed by atoms with Crippen LogP contribution in [0.1, 0.15) is 17.4 Å². The van der Waals surface area contributed by atoms with E-state index in [1.165, 1.54) is 6.92 Å². The van der Waals surface area contributed by atoms with Gasteiger partial charge in [-0.2, -0.15) is 13.2 Å². The lowest BCUT2D eigenvalue weighted by Crippen LogP contribution is -2.40. The van der Waals surface area contributed by atoms with Crippen molar-refractivity contribution in [2.45, 2.75) is 19.1 Å². The van der Waals surface area contributed by atoms with Gasteiger partial charge in [0, 0.05) is 17.0 Å². The molecule has 0 saturated heterocycles. The number of amides is 2. The number of alkyl halides is 3. The Morgan fingerprint density at radius 1 is 1.21 bits per heavy atom. The largest absolute Gasteiger partial charge is 0.455 e. The summed E-state index contributed by atoms with van der Waals surface area (Å²) in [6.07, 6.45) is -2.81. The summed E-state index contributed by atoms with van der Waals surface area (Å²) >= 11 is 5.48. The minimum Gasteiger partial charge on any atom is -0.455 e. The van der Waals surface area contributed by atoms with Crippen LogP contribution in [0.4, 0.5) is 32.4 Å². The zero-order chi connectivity index (χ0) is 20.6. The van der Waals surface area contributed by atoms with E-state index >= 15 is 0 Å². The van der Waals surface area contributed by atoms with Crippen molar-refractivity contribution in [1.29, 1.82) is 0 Å². The van der Waals surface area contributed by atoms with Crippen molar-refractivity contribution < 1.29 is 31.2 Å². The van der Waals surface area contributed by atoms with Crippen LogP contribution in [-0.4, -0.2) is 22.2 Å². The Morgan fingerprint density at radius 2 is 1.86 bits per heavy atom. The summed E-state index contributed by atoms with van der Waals surface area (Å²) < 4.78 is 72.8. The van der Waals surface area contributed by atoms with E-state index < -0.39 is 41.2 Å². The standard InChI is InChI=1S/C16H10ClF5N4O2/c1-6-9-2-7(18)3-10(19)12(9)28-11(6)13(16(20,21)22)26-15(27)25-8-4-23-14(17)24-5-8/h2-5,13H,1H3,(H2,25,26,27). The number of furan rings is 1. The highest BCUT2D eigenvalue weighted by Crippen LogP contribution is 2.39. The molecule has 1 unspecified atom stereocenters. The fraction of sp³-hybridized carbons (Fsp3) is 0.188. The summed E-state index contributed by atoms with van der Waals surface area (Å²) in [7, 11) is 0. The Balaban J connectivity index is 1.94. The molecule has 2 heterocycles. The average Bonchev–Trinajstić information content (AvgIpc) is 2.91. The third kappa shape index (κ3) is 3.98. The van der Waals surface area contributed by atoms with Gasteiger partial charge in [-0.3, -0.25) is 0 Å². The highest BCUT2D eigenvalue weighted by molar-refractivity contribution is 6.28. The average molecular weight is 421 g/mol. The molecule has 2 amide bonds. The molecule has 0 aliphatic heterocycles. The molecule has 0 fully saturated rings. The fourth-order valence-corrected chi connectivity index (χ4v) is 2.61. The number of rotatable bonds is 3. The molecule has 6 nitrogen and oxygen atoms in total. The highest BCUT2D eigenvalue weighted by Gasteiger charge is 2.45. The number of aromatic nitrogens is 2. The Kier molecular flexibility index (Phi) is 5.11. The second kappa shape index (κ2) is 7.23. The highest BCUT2D eigenvalue weighted by atomic mass is 35.5. The number of carbonyl (C=O) groups is 1. The molecule has 3 rings (SSSR count). The molecule has 0 bridgehead atoms. The van der Waals surface area contributed by atoms with Gasteiger partial charge >= 0.3 is 12.2 Å². The van der Waals surface area contributed by atoms with E-state index in [4.69, 9.17) is 16.0 Å². The van der Waals surface area contributed by atoms with Gasteiger partial charge < -0.3 is 15.1 Å². The Hall–Kier alpha value is -2.95. The second-order valence-corrected chi connectivity index (χ2v) is 6.01. The number of anilines is 1. The molecular formula is C16H10ClF5N4O2. The summed E-state index contributed by atoms with van der Waals surface area (Å²) in [5.74, 6) is -2.90. The molecule has 0 aliphatic carbocycles. The molecule has 1 aromatic carbocycles.